The summed E-state index contributed by atoms with van der Waals surface area (Å²) in [6.45, 7) is 1.33. The largest absolute Gasteiger partial charge is 0.389 e. The molecule has 114 valence electrons. The van der Waals surface area contributed by atoms with Crippen molar-refractivity contribution in [3.05, 3.63) is 35.9 Å². The summed E-state index contributed by atoms with van der Waals surface area (Å²) in [5, 5.41) is 12.6. The summed E-state index contributed by atoms with van der Waals surface area (Å²) in [7, 11) is 0. The number of hydrogen-bond acceptors (Lipinski definition) is 3. The van der Waals surface area contributed by atoms with Gasteiger partial charge in [-0.15, -0.1) is 0 Å². The monoisotopic (exact) mass is 289 g/mol. The molecule has 2 aliphatic carbocycles. The smallest absolute Gasteiger partial charge is 0.223 e. The number of carbonyl (C=O) groups excluding carboxylic acids is 1. The number of hydrogen-bond donors (Lipinski definition) is 2. The summed E-state index contributed by atoms with van der Waals surface area (Å²) in [5.41, 5.74) is 1.23. The highest BCUT2D eigenvalue weighted by molar-refractivity contribution is 5.82. The van der Waals surface area contributed by atoms with Gasteiger partial charge in [-0.3, -0.25) is 4.79 Å². The summed E-state index contributed by atoms with van der Waals surface area (Å²) in [6.07, 6.45) is 2.79. The van der Waals surface area contributed by atoms with Crippen LogP contribution in [0.25, 0.3) is 0 Å². The van der Waals surface area contributed by atoms with Gasteiger partial charge in [0.05, 0.1) is 12.7 Å². The van der Waals surface area contributed by atoms with E-state index in [1.54, 1.807) is 0 Å². The third kappa shape index (κ3) is 4.29. The fraction of sp³-hybridized carbons (Fsp3) is 0.588. The van der Waals surface area contributed by atoms with Crippen LogP contribution in [0.2, 0.25) is 0 Å². The van der Waals surface area contributed by atoms with E-state index in [4.69, 9.17) is 4.74 Å². The van der Waals surface area contributed by atoms with E-state index in [0.29, 0.717) is 18.4 Å². The van der Waals surface area contributed by atoms with E-state index in [2.05, 4.69) is 17.4 Å². The van der Waals surface area contributed by atoms with Crippen LogP contribution in [0, 0.1) is 11.8 Å². The second kappa shape index (κ2) is 6.58. The van der Waals surface area contributed by atoms with Gasteiger partial charge in [-0.25, -0.2) is 0 Å². The SMILES string of the molecule is O=C(NCC(O)COCC1CC1)C1CC1c1ccccc1. The third-order valence-electron chi connectivity index (χ3n) is 4.23. The number of carbonyl (C=O) groups is 1. The molecule has 0 aromatic heterocycles. The molecule has 0 saturated heterocycles. The zero-order valence-corrected chi connectivity index (χ0v) is 12.2. The molecule has 3 unspecified atom stereocenters. The van der Waals surface area contributed by atoms with Crippen molar-refractivity contribution in [3.63, 3.8) is 0 Å². The molecule has 1 aromatic carbocycles. The van der Waals surface area contributed by atoms with E-state index in [1.165, 1.54) is 18.4 Å². The molecular weight excluding hydrogens is 266 g/mol. The Morgan fingerprint density at radius 1 is 1.33 bits per heavy atom. The normalized spacial score (nSPS) is 25.4. The van der Waals surface area contributed by atoms with Gasteiger partial charge < -0.3 is 15.2 Å². The Morgan fingerprint density at radius 2 is 2.10 bits per heavy atom. The number of benzene rings is 1. The van der Waals surface area contributed by atoms with Crippen molar-refractivity contribution >= 4 is 5.91 Å². The van der Waals surface area contributed by atoms with Gasteiger partial charge in [0.2, 0.25) is 5.91 Å². The van der Waals surface area contributed by atoms with Crippen molar-refractivity contribution in [2.75, 3.05) is 19.8 Å². The molecule has 2 fully saturated rings. The Labute approximate surface area is 125 Å². The third-order valence-corrected chi connectivity index (χ3v) is 4.23. The molecule has 3 rings (SSSR count). The molecule has 21 heavy (non-hydrogen) atoms. The molecule has 4 heteroatoms. The first-order valence-electron chi connectivity index (χ1n) is 7.82. The number of amides is 1. The van der Waals surface area contributed by atoms with Gasteiger partial charge in [-0.2, -0.15) is 0 Å². The number of ether oxygens (including phenoxy) is 1. The molecule has 0 radical (unpaired) electrons. The molecule has 2 N–H and O–H groups in total. The minimum absolute atomic E-state index is 0.0464. The maximum atomic E-state index is 12.0. The van der Waals surface area contributed by atoms with E-state index in [1.807, 2.05) is 18.2 Å². The standard InChI is InChI=1S/C17H23NO3/c19-14(11-21-10-12-6-7-12)9-18-17(20)16-8-15(16)13-4-2-1-3-5-13/h1-5,12,14-16,19H,6-11H2,(H,18,20). The lowest BCUT2D eigenvalue weighted by molar-refractivity contribution is -0.123. The van der Waals surface area contributed by atoms with Gasteiger partial charge in [-0.1, -0.05) is 30.3 Å². The predicted octanol–water partition coefficient (Wildman–Crippen LogP) is 1.69. The zero-order valence-electron chi connectivity index (χ0n) is 12.2. The first-order chi connectivity index (χ1) is 10.2. The van der Waals surface area contributed by atoms with E-state index in [0.717, 1.165) is 13.0 Å². The van der Waals surface area contributed by atoms with Gasteiger partial charge in [-0.05, 0) is 36.7 Å². The lowest BCUT2D eigenvalue weighted by Gasteiger charge is -2.12. The average molecular weight is 289 g/mol. The fourth-order valence-electron chi connectivity index (χ4n) is 2.62. The molecule has 4 nitrogen and oxygen atoms in total. The second-order valence-electron chi connectivity index (χ2n) is 6.24. The van der Waals surface area contributed by atoms with Crippen molar-refractivity contribution in [1.29, 1.82) is 0 Å². The number of rotatable bonds is 8. The van der Waals surface area contributed by atoms with E-state index < -0.39 is 6.10 Å². The molecule has 3 atom stereocenters. The maximum Gasteiger partial charge on any atom is 0.223 e. The van der Waals surface area contributed by atoms with E-state index in [9.17, 15) is 9.90 Å². The van der Waals surface area contributed by atoms with Crippen LogP contribution in [-0.2, 0) is 9.53 Å². The summed E-state index contributed by atoms with van der Waals surface area (Å²) in [4.78, 5) is 12.0. The topological polar surface area (TPSA) is 58.6 Å². The molecule has 0 heterocycles. The van der Waals surface area contributed by atoms with E-state index >= 15 is 0 Å². The first kappa shape index (κ1) is 14.5. The maximum absolute atomic E-state index is 12.0. The molecular formula is C17H23NO3. The van der Waals surface area contributed by atoms with Crippen LogP contribution in [0.15, 0.2) is 30.3 Å². The highest BCUT2D eigenvalue weighted by Crippen LogP contribution is 2.47. The molecule has 2 saturated carbocycles. The van der Waals surface area contributed by atoms with Gasteiger partial charge >= 0.3 is 0 Å². The lowest BCUT2D eigenvalue weighted by Crippen LogP contribution is -2.35. The average Bonchev–Trinajstić information content (AvgIpc) is 3.38. The van der Waals surface area contributed by atoms with Crippen LogP contribution in [0.4, 0.5) is 0 Å². The van der Waals surface area contributed by atoms with Crippen molar-refractivity contribution < 1.29 is 14.6 Å². The highest BCUT2D eigenvalue weighted by atomic mass is 16.5. The second-order valence-corrected chi connectivity index (χ2v) is 6.24. The van der Waals surface area contributed by atoms with Crippen LogP contribution in [0.3, 0.4) is 0 Å². The summed E-state index contributed by atoms with van der Waals surface area (Å²) < 4.78 is 5.42. The number of aliphatic hydroxyl groups is 1. The van der Waals surface area contributed by atoms with Gasteiger partial charge in [0.25, 0.3) is 0 Å². The van der Waals surface area contributed by atoms with Crippen molar-refractivity contribution in [2.45, 2.75) is 31.3 Å². The van der Waals surface area contributed by atoms with Crippen LogP contribution < -0.4 is 5.32 Å². The van der Waals surface area contributed by atoms with Crippen LogP contribution in [-0.4, -0.2) is 36.9 Å². The van der Waals surface area contributed by atoms with E-state index in [-0.39, 0.29) is 18.4 Å². The molecule has 0 spiro atoms. The molecule has 0 bridgehead atoms. The molecule has 1 amide bonds. The Morgan fingerprint density at radius 3 is 2.81 bits per heavy atom. The Balaban J connectivity index is 1.33. The minimum Gasteiger partial charge on any atom is -0.389 e. The molecule has 0 aliphatic heterocycles. The Bertz CT molecular complexity index is 472. The van der Waals surface area contributed by atoms with Gasteiger partial charge in [0.15, 0.2) is 0 Å². The van der Waals surface area contributed by atoms with Gasteiger partial charge in [0.1, 0.15) is 0 Å². The molecule has 2 aliphatic rings. The minimum atomic E-state index is -0.610. The number of aliphatic hydroxyl groups excluding tert-OH is 1. The lowest BCUT2D eigenvalue weighted by atomic mass is 10.1. The van der Waals surface area contributed by atoms with Crippen LogP contribution >= 0.6 is 0 Å². The Kier molecular flexibility index (Phi) is 4.56. The van der Waals surface area contributed by atoms with Crippen molar-refractivity contribution in [1.82, 2.24) is 5.32 Å². The van der Waals surface area contributed by atoms with Crippen molar-refractivity contribution in [3.8, 4) is 0 Å². The summed E-state index contributed by atoms with van der Waals surface area (Å²) in [5.74, 6) is 1.15. The quantitative estimate of drug-likeness (QED) is 0.766. The van der Waals surface area contributed by atoms with Crippen molar-refractivity contribution in [2.24, 2.45) is 11.8 Å². The Hall–Kier alpha value is -1.39. The first-order valence-corrected chi connectivity index (χ1v) is 7.82. The van der Waals surface area contributed by atoms with Crippen LogP contribution in [0.5, 0.6) is 0 Å². The summed E-state index contributed by atoms with van der Waals surface area (Å²) in [6, 6.07) is 10.1. The summed E-state index contributed by atoms with van der Waals surface area (Å²) >= 11 is 0. The fourth-order valence-corrected chi connectivity index (χ4v) is 2.62. The number of nitrogens with one attached hydrogen (secondary N) is 1. The highest BCUT2D eigenvalue weighted by Gasteiger charge is 2.43. The predicted molar refractivity (Wildman–Crippen MR) is 79.8 cm³/mol. The molecule has 1 aromatic rings. The van der Waals surface area contributed by atoms with Gasteiger partial charge in [0, 0.05) is 19.1 Å². The van der Waals surface area contributed by atoms with Crippen LogP contribution in [0.1, 0.15) is 30.7 Å². The zero-order chi connectivity index (χ0) is 14.7.